The van der Waals surface area contributed by atoms with Gasteiger partial charge >= 0.3 is 5.97 Å². The molecule has 2 heterocycles. The molecule has 2 rings (SSSR count). The summed E-state index contributed by atoms with van der Waals surface area (Å²) in [6.45, 7) is 1.70. The van der Waals surface area contributed by atoms with Crippen molar-refractivity contribution in [3.05, 3.63) is 16.9 Å². The number of H-pyrrole nitrogens is 1. The molecule has 2 aromatic rings. The number of aromatic nitrogens is 3. The zero-order valence-electron chi connectivity index (χ0n) is 10.3. The van der Waals surface area contributed by atoms with Gasteiger partial charge in [-0.15, -0.1) is 0 Å². The number of ether oxygens (including phenoxy) is 2. The average molecular weight is 267 g/mol. The van der Waals surface area contributed by atoms with Gasteiger partial charge in [0.1, 0.15) is 6.04 Å². The Kier molecular flexibility index (Phi) is 3.33. The number of rotatable bonds is 3. The lowest BCUT2D eigenvalue weighted by molar-refractivity contribution is -0.143. The molecule has 1 N–H and O–H groups in total. The van der Waals surface area contributed by atoms with E-state index in [-0.39, 0.29) is 5.97 Å². The SMILES string of the molecule is COC(=O)C(C)n1c(=S)[nH]c2ccc(OC)nc21. The Labute approximate surface area is 109 Å². The lowest BCUT2D eigenvalue weighted by Gasteiger charge is -2.11. The molecule has 0 aliphatic rings. The van der Waals surface area contributed by atoms with Crippen LogP contribution in [0.3, 0.4) is 0 Å². The van der Waals surface area contributed by atoms with Crippen molar-refractivity contribution >= 4 is 29.4 Å². The third-order valence-corrected chi connectivity index (χ3v) is 2.98. The van der Waals surface area contributed by atoms with Crippen molar-refractivity contribution in [3.8, 4) is 5.88 Å². The van der Waals surface area contributed by atoms with Crippen LogP contribution in [0.25, 0.3) is 11.2 Å². The average Bonchev–Trinajstić information content (AvgIpc) is 2.71. The highest BCUT2D eigenvalue weighted by atomic mass is 32.1. The molecule has 18 heavy (non-hydrogen) atoms. The number of aromatic amines is 1. The first-order valence-electron chi connectivity index (χ1n) is 5.31. The maximum absolute atomic E-state index is 11.6. The Morgan fingerprint density at radius 2 is 2.22 bits per heavy atom. The number of imidazole rings is 1. The van der Waals surface area contributed by atoms with E-state index in [4.69, 9.17) is 21.7 Å². The molecule has 0 aliphatic carbocycles. The lowest BCUT2D eigenvalue weighted by atomic mass is 10.3. The van der Waals surface area contributed by atoms with Crippen LogP contribution < -0.4 is 4.74 Å². The summed E-state index contributed by atoms with van der Waals surface area (Å²) < 4.78 is 11.8. The van der Waals surface area contributed by atoms with Gasteiger partial charge < -0.3 is 14.5 Å². The molecular weight excluding hydrogens is 254 g/mol. The Bertz CT molecular complexity index is 647. The minimum atomic E-state index is -0.546. The predicted octanol–water partition coefficient (Wildman–Crippen LogP) is 1.84. The second-order valence-corrected chi connectivity index (χ2v) is 4.11. The monoisotopic (exact) mass is 267 g/mol. The second-order valence-electron chi connectivity index (χ2n) is 3.72. The van der Waals surface area contributed by atoms with Gasteiger partial charge in [0.15, 0.2) is 10.4 Å². The molecule has 0 saturated heterocycles. The molecule has 0 saturated carbocycles. The summed E-state index contributed by atoms with van der Waals surface area (Å²) >= 11 is 5.19. The highest BCUT2D eigenvalue weighted by Gasteiger charge is 2.20. The summed E-state index contributed by atoms with van der Waals surface area (Å²) in [5.41, 5.74) is 1.31. The molecule has 0 aromatic carbocycles. The van der Waals surface area contributed by atoms with E-state index in [1.54, 1.807) is 23.6 Å². The molecule has 7 heteroatoms. The normalized spacial score (nSPS) is 12.4. The number of nitrogens with zero attached hydrogens (tertiary/aromatic N) is 2. The number of carbonyl (C=O) groups is 1. The minimum absolute atomic E-state index is 0.378. The van der Waals surface area contributed by atoms with Gasteiger partial charge in [0.25, 0.3) is 0 Å². The summed E-state index contributed by atoms with van der Waals surface area (Å²) in [5.74, 6) is 0.0823. The van der Waals surface area contributed by atoms with E-state index in [1.807, 2.05) is 0 Å². The van der Waals surface area contributed by atoms with Gasteiger partial charge in [0.05, 0.1) is 19.7 Å². The maximum atomic E-state index is 11.6. The summed E-state index contributed by atoms with van der Waals surface area (Å²) in [6.07, 6.45) is 0. The van der Waals surface area contributed by atoms with Crippen molar-refractivity contribution in [3.63, 3.8) is 0 Å². The number of hydrogen-bond acceptors (Lipinski definition) is 5. The van der Waals surface area contributed by atoms with Gasteiger partial charge in [-0.1, -0.05) is 0 Å². The fourth-order valence-corrected chi connectivity index (χ4v) is 2.09. The van der Waals surface area contributed by atoms with E-state index in [9.17, 15) is 4.79 Å². The van der Waals surface area contributed by atoms with Crippen LogP contribution in [0, 0.1) is 4.77 Å². The summed E-state index contributed by atoms with van der Waals surface area (Å²) in [5, 5.41) is 0. The van der Waals surface area contributed by atoms with E-state index < -0.39 is 6.04 Å². The van der Waals surface area contributed by atoms with Crippen LogP contribution in [0.2, 0.25) is 0 Å². The fourth-order valence-electron chi connectivity index (χ4n) is 1.73. The zero-order chi connectivity index (χ0) is 13.3. The topological polar surface area (TPSA) is 69.1 Å². The van der Waals surface area contributed by atoms with E-state index in [1.165, 1.54) is 14.2 Å². The molecule has 0 fully saturated rings. The van der Waals surface area contributed by atoms with E-state index in [2.05, 4.69) is 9.97 Å². The zero-order valence-corrected chi connectivity index (χ0v) is 11.1. The van der Waals surface area contributed by atoms with Gasteiger partial charge in [0, 0.05) is 6.07 Å². The Balaban J connectivity index is 2.65. The van der Waals surface area contributed by atoms with Crippen LogP contribution in [-0.4, -0.2) is 34.7 Å². The number of methoxy groups -OCH3 is 2. The standard InChI is InChI=1S/C11H13N3O3S/c1-6(10(15)17-3)14-9-7(12-11(14)18)4-5-8(13-9)16-2/h4-6H,1-3H3,(H,12,18). The van der Waals surface area contributed by atoms with E-state index >= 15 is 0 Å². The van der Waals surface area contributed by atoms with Crippen LogP contribution >= 0.6 is 12.2 Å². The lowest BCUT2D eigenvalue weighted by Crippen LogP contribution is -2.18. The Hall–Kier alpha value is -1.89. The molecule has 96 valence electrons. The fraction of sp³-hybridized carbons (Fsp3) is 0.364. The van der Waals surface area contributed by atoms with Crippen molar-refractivity contribution in [2.45, 2.75) is 13.0 Å². The van der Waals surface area contributed by atoms with Gasteiger partial charge in [-0.25, -0.2) is 4.79 Å². The molecule has 6 nitrogen and oxygen atoms in total. The Morgan fingerprint density at radius 3 is 2.83 bits per heavy atom. The molecule has 0 radical (unpaired) electrons. The van der Waals surface area contributed by atoms with Crippen molar-refractivity contribution in [1.82, 2.24) is 14.5 Å². The number of carbonyl (C=O) groups excluding carboxylic acids is 1. The number of fused-ring (bicyclic) bond motifs is 1. The second kappa shape index (κ2) is 4.77. The summed E-state index contributed by atoms with van der Waals surface area (Å²) in [4.78, 5) is 18.9. The number of hydrogen-bond donors (Lipinski definition) is 1. The molecule has 1 atom stereocenters. The summed E-state index contributed by atoms with van der Waals surface area (Å²) in [6, 6.07) is 2.98. The Morgan fingerprint density at radius 1 is 1.50 bits per heavy atom. The first-order valence-corrected chi connectivity index (χ1v) is 5.72. The van der Waals surface area contributed by atoms with Gasteiger partial charge in [-0.2, -0.15) is 4.98 Å². The van der Waals surface area contributed by atoms with Crippen LogP contribution in [0.5, 0.6) is 5.88 Å². The van der Waals surface area contributed by atoms with Gasteiger partial charge in [0.2, 0.25) is 5.88 Å². The van der Waals surface area contributed by atoms with Crippen molar-refractivity contribution < 1.29 is 14.3 Å². The highest BCUT2D eigenvalue weighted by Crippen LogP contribution is 2.20. The van der Waals surface area contributed by atoms with E-state index in [0.29, 0.717) is 16.3 Å². The van der Waals surface area contributed by atoms with Crippen LogP contribution in [-0.2, 0) is 9.53 Å². The first kappa shape index (κ1) is 12.6. The van der Waals surface area contributed by atoms with Crippen molar-refractivity contribution in [2.75, 3.05) is 14.2 Å². The molecule has 1 unspecified atom stereocenters. The molecular formula is C11H13N3O3S. The van der Waals surface area contributed by atoms with Crippen LogP contribution in [0.4, 0.5) is 0 Å². The molecule has 0 spiro atoms. The molecule has 0 aliphatic heterocycles. The van der Waals surface area contributed by atoms with Gasteiger partial charge in [-0.05, 0) is 25.2 Å². The predicted molar refractivity (Wildman–Crippen MR) is 68.2 cm³/mol. The first-order chi connectivity index (χ1) is 8.58. The van der Waals surface area contributed by atoms with Crippen LogP contribution in [0.1, 0.15) is 13.0 Å². The highest BCUT2D eigenvalue weighted by molar-refractivity contribution is 7.71. The van der Waals surface area contributed by atoms with E-state index in [0.717, 1.165) is 5.52 Å². The minimum Gasteiger partial charge on any atom is -0.481 e. The smallest absolute Gasteiger partial charge is 0.328 e. The summed E-state index contributed by atoms with van der Waals surface area (Å²) in [7, 11) is 2.87. The van der Waals surface area contributed by atoms with Crippen molar-refractivity contribution in [1.29, 1.82) is 0 Å². The maximum Gasteiger partial charge on any atom is 0.328 e. The number of esters is 1. The number of pyridine rings is 1. The number of nitrogens with one attached hydrogen (secondary N) is 1. The van der Waals surface area contributed by atoms with Crippen LogP contribution in [0.15, 0.2) is 12.1 Å². The van der Waals surface area contributed by atoms with Crippen molar-refractivity contribution in [2.24, 2.45) is 0 Å². The quantitative estimate of drug-likeness (QED) is 0.678. The third-order valence-electron chi connectivity index (χ3n) is 2.68. The molecule has 2 aromatic heterocycles. The third kappa shape index (κ3) is 1.97. The molecule has 0 bridgehead atoms. The molecule has 0 amide bonds. The van der Waals surface area contributed by atoms with Gasteiger partial charge in [-0.3, -0.25) is 4.57 Å². The largest absolute Gasteiger partial charge is 0.481 e.